The fourth-order valence-electron chi connectivity index (χ4n) is 3.72. The summed E-state index contributed by atoms with van der Waals surface area (Å²) in [4.78, 5) is 20.9. The van der Waals surface area contributed by atoms with Gasteiger partial charge in [0, 0.05) is 13.1 Å². The Hall–Kier alpha value is -2.86. The molecule has 6 heteroatoms. The number of fused-ring (bicyclic) bond motifs is 1. The van der Waals surface area contributed by atoms with Gasteiger partial charge in [-0.05, 0) is 61.2 Å². The van der Waals surface area contributed by atoms with Gasteiger partial charge in [0.15, 0.2) is 0 Å². The molecule has 1 aromatic heterocycles. The van der Waals surface area contributed by atoms with Crippen LogP contribution in [0.1, 0.15) is 22.5 Å². The van der Waals surface area contributed by atoms with Gasteiger partial charge in [0.2, 0.25) is 5.91 Å². The molecule has 6 nitrogen and oxygen atoms in total. The lowest BCUT2D eigenvalue weighted by Crippen LogP contribution is -2.62. The molecule has 0 unspecified atom stereocenters. The molecule has 28 heavy (non-hydrogen) atoms. The second-order valence-electron chi connectivity index (χ2n) is 7.73. The molecule has 0 atom stereocenters. The average Bonchev–Trinajstić information content (AvgIpc) is 3.04. The number of carbonyl (C=O) groups excluding carboxylic acids is 1. The Morgan fingerprint density at radius 1 is 1.21 bits per heavy atom. The van der Waals surface area contributed by atoms with Crippen LogP contribution >= 0.6 is 0 Å². The number of aryl methyl sites for hydroxylation is 2. The van der Waals surface area contributed by atoms with Crippen molar-refractivity contribution >= 4 is 16.9 Å². The molecule has 2 heterocycles. The first-order valence-electron chi connectivity index (χ1n) is 9.57. The summed E-state index contributed by atoms with van der Waals surface area (Å²) in [5, 5.41) is 6.33. The van der Waals surface area contributed by atoms with E-state index in [0.717, 1.165) is 28.2 Å². The monoisotopic (exact) mass is 378 g/mol. The number of amides is 1. The number of methoxy groups -OCH3 is 1. The molecular formula is C22H26N4O2. The van der Waals surface area contributed by atoms with E-state index in [2.05, 4.69) is 46.6 Å². The zero-order valence-electron chi connectivity index (χ0n) is 16.6. The van der Waals surface area contributed by atoms with Gasteiger partial charge in [0.05, 0.1) is 30.1 Å². The summed E-state index contributed by atoms with van der Waals surface area (Å²) in [5.74, 6) is 1.65. The Balaban J connectivity index is 1.46. The minimum Gasteiger partial charge on any atom is -0.497 e. The highest BCUT2D eigenvalue weighted by Crippen LogP contribution is 2.29. The molecule has 1 saturated heterocycles. The van der Waals surface area contributed by atoms with E-state index in [9.17, 15) is 4.79 Å². The number of H-pyrrole nitrogens is 1. The highest BCUT2D eigenvalue weighted by atomic mass is 16.5. The number of imidazole rings is 1. The standard InChI is InChI=1S/C22H26N4O2/c1-14-7-18-19(8-15(14)2)26-20(25-18)11-24-21(27)22(12-23-13-22)10-16-5-4-6-17(9-16)28-3/h4-9,23H,10-13H2,1-3H3,(H,24,27)(H,25,26). The third-order valence-corrected chi connectivity index (χ3v) is 5.65. The molecule has 0 bridgehead atoms. The summed E-state index contributed by atoms with van der Waals surface area (Å²) in [6.45, 7) is 5.91. The molecule has 0 saturated carbocycles. The van der Waals surface area contributed by atoms with Crippen LogP contribution in [0.5, 0.6) is 5.75 Å². The lowest BCUT2D eigenvalue weighted by atomic mass is 9.75. The van der Waals surface area contributed by atoms with Gasteiger partial charge >= 0.3 is 0 Å². The van der Waals surface area contributed by atoms with E-state index in [0.29, 0.717) is 26.1 Å². The molecule has 0 aliphatic carbocycles. The maximum Gasteiger partial charge on any atom is 0.229 e. The molecule has 1 aliphatic heterocycles. The van der Waals surface area contributed by atoms with E-state index < -0.39 is 5.41 Å². The number of hydrogen-bond donors (Lipinski definition) is 3. The molecule has 0 spiro atoms. The quantitative estimate of drug-likeness (QED) is 0.616. The largest absolute Gasteiger partial charge is 0.497 e. The van der Waals surface area contributed by atoms with Crippen LogP contribution < -0.4 is 15.4 Å². The van der Waals surface area contributed by atoms with Crippen LogP contribution in [0.25, 0.3) is 11.0 Å². The second kappa shape index (κ2) is 7.28. The number of carbonyl (C=O) groups is 1. The molecule has 146 valence electrons. The first kappa shape index (κ1) is 18.5. The topological polar surface area (TPSA) is 79.0 Å². The summed E-state index contributed by atoms with van der Waals surface area (Å²) in [5.41, 5.74) is 5.06. The fourth-order valence-corrected chi connectivity index (χ4v) is 3.72. The summed E-state index contributed by atoms with van der Waals surface area (Å²) in [7, 11) is 1.66. The predicted molar refractivity (Wildman–Crippen MR) is 109 cm³/mol. The Morgan fingerprint density at radius 3 is 2.71 bits per heavy atom. The summed E-state index contributed by atoms with van der Waals surface area (Å²) < 4.78 is 5.30. The molecule has 1 amide bonds. The lowest BCUT2D eigenvalue weighted by Gasteiger charge is -2.41. The third-order valence-electron chi connectivity index (χ3n) is 5.65. The number of aromatic amines is 1. The van der Waals surface area contributed by atoms with Crippen molar-refractivity contribution in [1.29, 1.82) is 0 Å². The zero-order valence-corrected chi connectivity index (χ0v) is 16.6. The first-order chi connectivity index (χ1) is 13.5. The number of hydrogen-bond acceptors (Lipinski definition) is 4. The van der Waals surface area contributed by atoms with Gasteiger partial charge in [-0.2, -0.15) is 0 Å². The van der Waals surface area contributed by atoms with Crippen molar-refractivity contribution in [2.45, 2.75) is 26.8 Å². The van der Waals surface area contributed by atoms with E-state index in [1.807, 2.05) is 24.3 Å². The molecule has 1 fully saturated rings. The fraction of sp³-hybridized carbons (Fsp3) is 0.364. The van der Waals surface area contributed by atoms with Crippen molar-refractivity contribution in [2.75, 3.05) is 20.2 Å². The minimum atomic E-state index is -0.425. The van der Waals surface area contributed by atoms with E-state index in [4.69, 9.17) is 4.74 Å². The van der Waals surface area contributed by atoms with Crippen LogP contribution in [-0.2, 0) is 17.8 Å². The van der Waals surface area contributed by atoms with Crippen LogP contribution in [0.2, 0.25) is 0 Å². The number of nitrogens with zero attached hydrogens (tertiary/aromatic N) is 1. The smallest absolute Gasteiger partial charge is 0.229 e. The molecular weight excluding hydrogens is 352 g/mol. The third kappa shape index (κ3) is 3.47. The van der Waals surface area contributed by atoms with Crippen molar-refractivity contribution < 1.29 is 9.53 Å². The van der Waals surface area contributed by atoms with Crippen LogP contribution in [0.3, 0.4) is 0 Å². The molecule has 3 N–H and O–H groups in total. The maximum absolute atomic E-state index is 13.0. The highest BCUT2D eigenvalue weighted by Gasteiger charge is 2.44. The van der Waals surface area contributed by atoms with Gasteiger partial charge in [-0.15, -0.1) is 0 Å². The SMILES string of the molecule is COc1cccc(CC2(C(=O)NCc3nc4cc(C)c(C)cc4[nH]3)CNC2)c1. The van der Waals surface area contributed by atoms with Crippen molar-refractivity contribution in [3.8, 4) is 5.75 Å². The van der Waals surface area contributed by atoms with E-state index in [1.54, 1.807) is 7.11 Å². The predicted octanol–water partition coefficient (Wildman–Crippen LogP) is 2.64. The maximum atomic E-state index is 13.0. The number of rotatable bonds is 6. The minimum absolute atomic E-state index is 0.0573. The van der Waals surface area contributed by atoms with Crippen LogP contribution in [0.15, 0.2) is 36.4 Å². The highest BCUT2D eigenvalue weighted by molar-refractivity contribution is 5.84. The van der Waals surface area contributed by atoms with Gasteiger partial charge in [0.1, 0.15) is 11.6 Å². The molecule has 1 aliphatic rings. The van der Waals surface area contributed by atoms with E-state index in [-0.39, 0.29) is 5.91 Å². The Labute approximate surface area is 164 Å². The molecule has 3 aromatic rings. The molecule has 2 aromatic carbocycles. The summed E-state index contributed by atoms with van der Waals surface area (Å²) >= 11 is 0. The van der Waals surface area contributed by atoms with Crippen LogP contribution in [0, 0.1) is 19.3 Å². The van der Waals surface area contributed by atoms with Crippen LogP contribution in [-0.4, -0.2) is 36.1 Å². The second-order valence-corrected chi connectivity index (χ2v) is 7.73. The normalized spacial score (nSPS) is 15.2. The zero-order chi connectivity index (χ0) is 19.7. The van der Waals surface area contributed by atoms with E-state index in [1.165, 1.54) is 11.1 Å². The number of ether oxygens (including phenoxy) is 1. The number of nitrogens with one attached hydrogen (secondary N) is 3. The van der Waals surface area contributed by atoms with Crippen molar-refractivity contribution in [3.05, 3.63) is 58.9 Å². The van der Waals surface area contributed by atoms with Crippen LogP contribution in [0.4, 0.5) is 0 Å². The van der Waals surface area contributed by atoms with Gasteiger partial charge in [-0.25, -0.2) is 4.98 Å². The number of aromatic nitrogens is 2. The molecule has 4 rings (SSSR count). The van der Waals surface area contributed by atoms with Crippen molar-refractivity contribution in [2.24, 2.45) is 5.41 Å². The van der Waals surface area contributed by atoms with Crippen molar-refractivity contribution in [1.82, 2.24) is 20.6 Å². The Bertz CT molecular complexity index is 982. The lowest BCUT2D eigenvalue weighted by molar-refractivity contribution is -0.134. The first-order valence-corrected chi connectivity index (χ1v) is 9.57. The Kier molecular flexibility index (Phi) is 4.81. The Morgan fingerprint density at radius 2 is 2.00 bits per heavy atom. The molecule has 0 radical (unpaired) electrons. The van der Waals surface area contributed by atoms with Crippen molar-refractivity contribution in [3.63, 3.8) is 0 Å². The van der Waals surface area contributed by atoms with Gasteiger partial charge in [-0.1, -0.05) is 12.1 Å². The van der Waals surface area contributed by atoms with E-state index >= 15 is 0 Å². The van der Waals surface area contributed by atoms with Gasteiger partial charge in [-0.3, -0.25) is 4.79 Å². The number of benzene rings is 2. The van der Waals surface area contributed by atoms with Gasteiger partial charge < -0.3 is 20.4 Å². The summed E-state index contributed by atoms with van der Waals surface area (Å²) in [6.07, 6.45) is 0.682. The average molecular weight is 378 g/mol. The summed E-state index contributed by atoms with van der Waals surface area (Å²) in [6, 6.07) is 12.1. The van der Waals surface area contributed by atoms with Gasteiger partial charge in [0.25, 0.3) is 0 Å².